The van der Waals surface area contributed by atoms with E-state index in [2.05, 4.69) is 14.3 Å². The fraction of sp³-hybridized carbons (Fsp3) is 0.350. The van der Waals surface area contributed by atoms with Gasteiger partial charge in [-0.3, -0.25) is 4.90 Å². The van der Waals surface area contributed by atoms with Crippen molar-refractivity contribution in [2.24, 2.45) is 0 Å². The van der Waals surface area contributed by atoms with E-state index < -0.39 is 10.0 Å². The molecule has 1 aliphatic rings. The summed E-state index contributed by atoms with van der Waals surface area (Å²) in [4.78, 5) is 7.14. The van der Waals surface area contributed by atoms with Gasteiger partial charge in [-0.2, -0.15) is 4.31 Å². The number of sulfonamides is 1. The van der Waals surface area contributed by atoms with E-state index in [1.807, 2.05) is 56.6 Å². The van der Waals surface area contributed by atoms with Crippen molar-refractivity contribution in [3.8, 4) is 0 Å². The standard InChI is InChI=1S/C20H24N4O2S/c1-16-6-7-17(2)19(13-16)27(25,26)23-11-9-22(10-12-23)15-18-14-21-20-5-3-4-8-24(18)20/h3-8,13-14H,9-12,15H2,1-2H3. The number of hydrogen-bond donors (Lipinski definition) is 0. The predicted octanol–water partition coefficient (Wildman–Crippen LogP) is 2.46. The van der Waals surface area contributed by atoms with Crippen molar-refractivity contribution in [1.29, 1.82) is 0 Å². The number of benzene rings is 1. The monoisotopic (exact) mass is 384 g/mol. The van der Waals surface area contributed by atoms with Crippen LogP contribution in [0.5, 0.6) is 0 Å². The Morgan fingerprint density at radius 2 is 1.81 bits per heavy atom. The van der Waals surface area contributed by atoms with E-state index in [0.29, 0.717) is 31.1 Å². The molecule has 1 aromatic carbocycles. The maximum atomic E-state index is 13.1. The smallest absolute Gasteiger partial charge is 0.243 e. The van der Waals surface area contributed by atoms with Crippen LogP contribution in [0.1, 0.15) is 16.8 Å². The lowest BCUT2D eigenvalue weighted by molar-refractivity contribution is 0.179. The zero-order valence-electron chi connectivity index (χ0n) is 15.7. The van der Waals surface area contributed by atoms with Gasteiger partial charge in [0.25, 0.3) is 0 Å². The molecule has 7 heteroatoms. The van der Waals surface area contributed by atoms with E-state index in [0.717, 1.165) is 29.0 Å². The van der Waals surface area contributed by atoms with Gasteiger partial charge in [0.05, 0.1) is 16.8 Å². The Hall–Kier alpha value is -2.22. The maximum absolute atomic E-state index is 13.1. The van der Waals surface area contributed by atoms with Gasteiger partial charge in [0.2, 0.25) is 10.0 Å². The molecular formula is C20H24N4O2S. The molecule has 3 aromatic rings. The minimum Gasteiger partial charge on any atom is -0.303 e. The summed E-state index contributed by atoms with van der Waals surface area (Å²) in [7, 11) is -3.45. The summed E-state index contributed by atoms with van der Waals surface area (Å²) < 4.78 is 29.8. The van der Waals surface area contributed by atoms with Gasteiger partial charge in [0.1, 0.15) is 5.65 Å². The van der Waals surface area contributed by atoms with E-state index in [1.54, 1.807) is 10.4 Å². The van der Waals surface area contributed by atoms with Crippen molar-refractivity contribution >= 4 is 15.7 Å². The highest BCUT2D eigenvalue weighted by Gasteiger charge is 2.29. The third-order valence-corrected chi connectivity index (χ3v) is 7.21. The Balaban J connectivity index is 1.46. The van der Waals surface area contributed by atoms with E-state index in [-0.39, 0.29) is 0 Å². The largest absolute Gasteiger partial charge is 0.303 e. The Kier molecular flexibility index (Phi) is 4.75. The lowest BCUT2D eigenvalue weighted by Crippen LogP contribution is -2.48. The zero-order valence-corrected chi connectivity index (χ0v) is 16.5. The molecule has 2 aromatic heterocycles. The number of pyridine rings is 1. The minimum atomic E-state index is -3.45. The van der Waals surface area contributed by atoms with Crippen molar-refractivity contribution in [3.63, 3.8) is 0 Å². The molecule has 3 heterocycles. The summed E-state index contributed by atoms with van der Waals surface area (Å²) in [5.74, 6) is 0. The second kappa shape index (κ2) is 7.07. The second-order valence-corrected chi connectivity index (χ2v) is 9.03. The number of aryl methyl sites for hydroxylation is 2. The molecule has 142 valence electrons. The maximum Gasteiger partial charge on any atom is 0.243 e. The fourth-order valence-corrected chi connectivity index (χ4v) is 5.32. The molecule has 1 fully saturated rings. The van der Waals surface area contributed by atoms with Gasteiger partial charge in [0, 0.05) is 38.9 Å². The van der Waals surface area contributed by atoms with Crippen LogP contribution in [0.4, 0.5) is 0 Å². The zero-order chi connectivity index (χ0) is 19.0. The van der Waals surface area contributed by atoms with Crippen molar-refractivity contribution in [2.45, 2.75) is 25.3 Å². The summed E-state index contributed by atoms with van der Waals surface area (Å²) in [6.45, 7) is 6.98. The number of hydrogen-bond acceptors (Lipinski definition) is 4. The van der Waals surface area contributed by atoms with Crippen molar-refractivity contribution < 1.29 is 8.42 Å². The van der Waals surface area contributed by atoms with Crippen LogP contribution in [-0.4, -0.2) is 53.2 Å². The van der Waals surface area contributed by atoms with Crippen LogP contribution in [0.2, 0.25) is 0 Å². The Bertz CT molecular complexity index is 1070. The molecule has 0 radical (unpaired) electrons. The summed E-state index contributed by atoms with van der Waals surface area (Å²) in [6.07, 6.45) is 3.91. The van der Waals surface area contributed by atoms with Gasteiger partial charge in [-0.25, -0.2) is 13.4 Å². The van der Waals surface area contributed by atoms with Crippen molar-refractivity contribution in [2.75, 3.05) is 26.2 Å². The number of nitrogens with zero attached hydrogens (tertiary/aromatic N) is 4. The second-order valence-electron chi connectivity index (χ2n) is 7.13. The molecule has 0 amide bonds. The molecule has 0 saturated carbocycles. The summed E-state index contributed by atoms with van der Waals surface area (Å²) in [6, 6.07) is 11.6. The molecule has 27 heavy (non-hydrogen) atoms. The number of aromatic nitrogens is 2. The van der Waals surface area contributed by atoms with Gasteiger partial charge in [-0.1, -0.05) is 18.2 Å². The van der Waals surface area contributed by atoms with E-state index in [4.69, 9.17) is 0 Å². The molecule has 0 N–H and O–H groups in total. The molecule has 6 nitrogen and oxygen atoms in total. The van der Waals surface area contributed by atoms with Crippen molar-refractivity contribution in [3.05, 3.63) is 65.6 Å². The average Bonchev–Trinajstić information content (AvgIpc) is 3.07. The molecule has 0 spiro atoms. The van der Waals surface area contributed by atoms with Gasteiger partial charge < -0.3 is 4.40 Å². The lowest BCUT2D eigenvalue weighted by Gasteiger charge is -2.34. The van der Waals surface area contributed by atoms with Crippen molar-refractivity contribution in [1.82, 2.24) is 18.6 Å². The van der Waals surface area contributed by atoms with Crippen LogP contribution in [-0.2, 0) is 16.6 Å². The van der Waals surface area contributed by atoms with E-state index >= 15 is 0 Å². The van der Waals surface area contributed by atoms with Crippen LogP contribution in [0.3, 0.4) is 0 Å². The first-order chi connectivity index (χ1) is 12.9. The molecular weight excluding hydrogens is 360 g/mol. The molecule has 1 saturated heterocycles. The summed E-state index contributed by atoms with van der Waals surface area (Å²) in [5.41, 5.74) is 3.82. The quantitative estimate of drug-likeness (QED) is 0.693. The van der Waals surface area contributed by atoms with Crippen LogP contribution < -0.4 is 0 Å². The van der Waals surface area contributed by atoms with Crippen LogP contribution in [0.25, 0.3) is 5.65 Å². The molecule has 4 rings (SSSR count). The van der Waals surface area contributed by atoms with E-state index in [9.17, 15) is 8.42 Å². The predicted molar refractivity (Wildman–Crippen MR) is 105 cm³/mol. The Labute approximate surface area is 160 Å². The average molecular weight is 385 g/mol. The Morgan fingerprint density at radius 3 is 2.59 bits per heavy atom. The first kappa shape index (κ1) is 18.2. The van der Waals surface area contributed by atoms with Gasteiger partial charge in [0.15, 0.2) is 0 Å². The normalized spacial score (nSPS) is 16.8. The van der Waals surface area contributed by atoms with E-state index in [1.165, 1.54) is 0 Å². The van der Waals surface area contributed by atoms with Crippen LogP contribution >= 0.6 is 0 Å². The number of piperazine rings is 1. The Morgan fingerprint density at radius 1 is 1.04 bits per heavy atom. The first-order valence-corrected chi connectivity index (χ1v) is 10.6. The molecule has 0 atom stereocenters. The third kappa shape index (κ3) is 3.50. The minimum absolute atomic E-state index is 0.428. The molecule has 0 unspecified atom stereocenters. The highest BCUT2D eigenvalue weighted by molar-refractivity contribution is 7.89. The highest BCUT2D eigenvalue weighted by Crippen LogP contribution is 2.23. The fourth-order valence-electron chi connectivity index (χ4n) is 3.58. The lowest BCUT2D eigenvalue weighted by atomic mass is 10.2. The topological polar surface area (TPSA) is 57.9 Å². The van der Waals surface area contributed by atoms with Gasteiger partial charge in [-0.15, -0.1) is 0 Å². The SMILES string of the molecule is Cc1ccc(C)c(S(=O)(=O)N2CCN(Cc3cnc4ccccn34)CC2)c1. The van der Waals surface area contributed by atoms with Gasteiger partial charge in [-0.05, 0) is 43.2 Å². The molecule has 0 aliphatic carbocycles. The third-order valence-electron chi connectivity index (χ3n) is 5.17. The number of imidazole rings is 1. The highest BCUT2D eigenvalue weighted by atomic mass is 32.2. The first-order valence-electron chi connectivity index (χ1n) is 9.16. The number of rotatable bonds is 4. The van der Waals surface area contributed by atoms with Crippen LogP contribution in [0, 0.1) is 13.8 Å². The van der Waals surface area contributed by atoms with Gasteiger partial charge >= 0.3 is 0 Å². The number of fused-ring (bicyclic) bond motifs is 1. The molecule has 0 bridgehead atoms. The molecule has 1 aliphatic heterocycles. The van der Waals surface area contributed by atoms with Crippen LogP contribution in [0.15, 0.2) is 53.7 Å². The summed E-state index contributed by atoms with van der Waals surface area (Å²) in [5, 5.41) is 0. The summed E-state index contributed by atoms with van der Waals surface area (Å²) >= 11 is 0.